The van der Waals surface area contributed by atoms with Gasteiger partial charge in [-0.25, -0.2) is 9.69 Å². The number of nitrogens with zero attached hydrogens (tertiary/aromatic N) is 2. The summed E-state index contributed by atoms with van der Waals surface area (Å²) in [5.41, 5.74) is 1.12. The molecule has 1 heterocycles. The fraction of sp³-hybridized carbons (Fsp3) is 0.227. The van der Waals surface area contributed by atoms with Crippen LogP contribution >= 0.6 is 0 Å². The number of nitro groups is 1. The maximum absolute atomic E-state index is 12.4. The molecule has 0 unspecified atom stereocenters. The number of nitro benzene ring substituents is 1. The fourth-order valence-corrected chi connectivity index (χ4v) is 3.00. The van der Waals surface area contributed by atoms with Crippen LogP contribution in [0.25, 0.3) is 6.08 Å². The van der Waals surface area contributed by atoms with Gasteiger partial charge in [0.05, 0.1) is 18.6 Å². The van der Waals surface area contributed by atoms with Gasteiger partial charge >= 0.3 is 12.0 Å². The number of nitrogens with one attached hydrogen (secondary N) is 1. The maximum Gasteiger partial charge on any atom is 0.329 e. The predicted molar refractivity (Wildman–Crippen MR) is 115 cm³/mol. The second kappa shape index (κ2) is 10.3. The summed E-state index contributed by atoms with van der Waals surface area (Å²) in [6, 6.07) is 10.3. The Morgan fingerprint density at radius 3 is 2.64 bits per heavy atom. The van der Waals surface area contributed by atoms with Gasteiger partial charge in [-0.1, -0.05) is 18.2 Å². The van der Waals surface area contributed by atoms with E-state index in [-0.39, 0.29) is 18.0 Å². The largest absolute Gasteiger partial charge is 0.490 e. The predicted octanol–water partition coefficient (Wildman–Crippen LogP) is 2.64. The van der Waals surface area contributed by atoms with Crippen molar-refractivity contribution >= 4 is 29.7 Å². The van der Waals surface area contributed by atoms with Crippen LogP contribution in [0.4, 0.5) is 10.5 Å². The highest BCUT2D eigenvalue weighted by molar-refractivity contribution is 6.15. The number of imide groups is 1. The first-order valence-electron chi connectivity index (χ1n) is 9.86. The molecule has 1 N–H and O–H groups in total. The molecule has 1 saturated heterocycles. The van der Waals surface area contributed by atoms with Crippen molar-refractivity contribution in [2.45, 2.75) is 13.5 Å². The number of ether oxygens (including phenoxy) is 3. The summed E-state index contributed by atoms with van der Waals surface area (Å²) >= 11 is 0. The molecule has 11 heteroatoms. The highest BCUT2D eigenvalue weighted by Crippen LogP contribution is 2.30. The highest BCUT2D eigenvalue weighted by Gasteiger charge is 2.35. The van der Waals surface area contributed by atoms with Crippen molar-refractivity contribution < 1.29 is 33.5 Å². The van der Waals surface area contributed by atoms with Crippen molar-refractivity contribution in [3.8, 4) is 11.5 Å². The molecule has 0 radical (unpaired) electrons. The molecule has 2 aromatic carbocycles. The summed E-state index contributed by atoms with van der Waals surface area (Å²) in [5.74, 6) is -0.585. The number of carbonyl (C=O) groups excluding carboxylic acids is 3. The molecule has 0 spiro atoms. The van der Waals surface area contributed by atoms with E-state index in [4.69, 9.17) is 9.47 Å². The zero-order valence-corrected chi connectivity index (χ0v) is 17.9. The number of benzene rings is 2. The lowest BCUT2D eigenvalue weighted by molar-refractivity contribution is -0.384. The van der Waals surface area contributed by atoms with Crippen LogP contribution in [0.15, 0.2) is 48.2 Å². The van der Waals surface area contributed by atoms with Crippen molar-refractivity contribution in [1.29, 1.82) is 0 Å². The molecule has 11 nitrogen and oxygen atoms in total. The first kappa shape index (κ1) is 23.3. The van der Waals surface area contributed by atoms with Gasteiger partial charge in [-0.3, -0.25) is 19.7 Å². The first-order chi connectivity index (χ1) is 15.8. The van der Waals surface area contributed by atoms with Crippen LogP contribution in [0.3, 0.4) is 0 Å². The Kier molecular flexibility index (Phi) is 7.24. The van der Waals surface area contributed by atoms with E-state index in [1.165, 1.54) is 18.2 Å². The Balaban J connectivity index is 1.78. The summed E-state index contributed by atoms with van der Waals surface area (Å²) in [5, 5.41) is 13.4. The fourth-order valence-electron chi connectivity index (χ4n) is 3.00. The highest BCUT2D eigenvalue weighted by atomic mass is 16.6. The average molecular weight is 455 g/mol. The second-order valence-corrected chi connectivity index (χ2v) is 6.81. The minimum Gasteiger partial charge on any atom is -0.490 e. The molecular formula is C22H21N3O8. The Morgan fingerprint density at radius 1 is 1.15 bits per heavy atom. The number of amides is 3. The Hall–Kier alpha value is -4.41. The number of rotatable bonds is 9. The van der Waals surface area contributed by atoms with E-state index in [9.17, 15) is 24.5 Å². The monoisotopic (exact) mass is 455 g/mol. The number of carbonyl (C=O) groups is 3. The third-order valence-corrected chi connectivity index (χ3v) is 4.57. The van der Waals surface area contributed by atoms with Gasteiger partial charge in [0.25, 0.3) is 11.6 Å². The van der Waals surface area contributed by atoms with Crippen LogP contribution in [0.5, 0.6) is 11.5 Å². The molecule has 3 amide bonds. The Bertz CT molecular complexity index is 1130. The van der Waals surface area contributed by atoms with Crippen molar-refractivity contribution in [3.05, 3.63) is 69.4 Å². The lowest BCUT2D eigenvalue weighted by Gasteiger charge is -2.13. The van der Waals surface area contributed by atoms with Crippen molar-refractivity contribution in [1.82, 2.24) is 10.2 Å². The maximum atomic E-state index is 12.4. The summed E-state index contributed by atoms with van der Waals surface area (Å²) in [6.45, 7) is 1.73. The standard InChI is InChI=1S/C22H21N3O8/c1-3-32-19-11-14(10-17-21(27)24(22(28)23-17)12-20(26)31-2)7-8-18(19)33-13-15-5-4-6-16(9-15)25(29)30/h4-11H,3,12-13H2,1-2H3,(H,23,28)/b17-10+. The van der Waals surface area contributed by atoms with Gasteiger partial charge in [-0.15, -0.1) is 0 Å². The van der Waals surface area contributed by atoms with Crippen LogP contribution in [-0.4, -0.2) is 48.0 Å². The second-order valence-electron chi connectivity index (χ2n) is 6.81. The van der Waals surface area contributed by atoms with E-state index in [1.54, 1.807) is 37.3 Å². The molecule has 1 fully saturated rings. The van der Waals surface area contributed by atoms with E-state index in [0.717, 1.165) is 12.0 Å². The van der Waals surface area contributed by atoms with Gasteiger partial charge < -0.3 is 19.5 Å². The first-order valence-corrected chi connectivity index (χ1v) is 9.86. The Morgan fingerprint density at radius 2 is 1.94 bits per heavy atom. The summed E-state index contributed by atoms with van der Waals surface area (Å²) in [7, 11) is 1.16. The molecule has 3 rings (SSSR count). The lowest BCUT2D eigenvalue weighted by atomic mass is 10.1. The summed E-state index contributed by atoms with van der Waals surface area (Å²) in [4.78, 5) is 47.1. The van der Waals surface area contributed by atoms with E-state index in [2.05, 4.69) is 10.1 Å². The van der Waals surface area contributed by atoms with Crippen molar-refractivity contribution in [3.63, 3.8) is 0 Å². The van der Waals surface area contributed by atoms with E-state index >= 15 is 0 Å². The molecule has 1 aliphatic heterocycles. The smallest absolute Gasteiger partial charge is 0.329 e. The number of non-ortho nitro benzene ring substituents is 1. The minimum atomic E-state index is -0.724. The number of esters is 1. The van der Waals surface area contributed by atoms with Gasteiger partial charge in [-0.2, -0.15) is 0 Å². The van der Waals surface area contributed by atoms with Crippen LogP contribution in [0, 0.1) is 10.1 Å². The normalized spacial score (nSPS) is 14.2. The topological polar surface area (TPSA) is 137 Å². The zero-order valence-electron chi connectivity index (χ0n) is 17.9. The molecular weight excluding hydrogens is 434 g/mol. The van der Waals surface area contributed by atoms with Gasteiger partial charge in [0, 0.05) is 12.1 Å². The SMILES string of the molecule is CCOc1cc(/C=C2/NC(=O)N(CC(=O)OC)C2=O)ccc1OCc1cccc([N+](=O)[O-])c1. The van der Waals surface area contributed by atoms with Crippen molar-refractivity contribution in [2.24, 2.45) is 0 Å². The number of methoxy groups -OCH3 is 1. The van der Waals surface area contributed by atoms with Gasteiger partial charge in [0.2, 0.25) is 0 Å². The minimum absolute atomic E-state index is 0.00313. The van der Waals surface area contributed by atoms with Crippen LogP contribution in [0.1, 0.15) is 18.1 Å². The zero-order chi connectivity index (χ0) is 24.0. The number of urea groups is 1. The van der Waals surface area contributed by atoms with Gasteiger partial charge in [-0.05, 0) is 36.3 Å². The van der Waals surface area contributed by atoms with Gasteiger partial charge in [0.1, 0.15) is 18.8 Å². The van der Waals surface area contributed by atoms with E-state index < -0.39 is 29.4 Å². The molecule has 2 aromatic rings. The molecule has 0 bridgehead atoms. The van der Waals surface area contributed by atoms with Gasteiger partial charge in [0.15, 0.2) is 11.5 Å². The molecule has 0 aromatic heterocycles. The third-order valence-electron chi connectivity index (χ3n) is 4.57. The van der Waals surface area contributed by atoms with E-state index in [1.807, 2.05) is 0 Å². The van der Waals surface area contributed by atoms with Crippen molar-refractivity contribution in [2.75, 3.05) is 20.3 Å². The lowest BCUT2D eigenvalue weighted by Crippen LogP contribution is -2.36. The molecule has 33 heavy (non-hydrogen) atoms. The average Bonchev–Trinajstić information content (AvgIpc) is 3.06. The number of hydrogen-bond acceptors (Lipinski definition) is 8. The molecule has 172 valence electrons. The van der Waals surface area contributed by atoms with Crippen LogP contribution in [-0.2, 0) is 20.9 Å². The molecule has 1 aliphatic rings. The number of hydrogen-bond donors (Lipinski definition) is 1. The Labute approximate surface area is 188 Å². The summed E-state index contributed by atoms with van der Waals surface area (Å²) in [6.07, 6.45) is 1.45. The van der Waals surface area contributed by atoms with Crippen LogP contribution in [0.2, 0.25) is 0 Å². The third kappa shape index (κ3) is 5.64. The molecule has 0 aliphatic carbocycles. The van der Waals surface area contributed by atoms with Crippen LogP contribution < -0.4 is 14.8 Å². The molecule has 0 atom stereocenters. The summed E-state index contributed by atoms with van der Waals surface area (Å²) < 4.78 is 15.9. The van der Waals surface area contributed by atoms with E-state index in [0.29, 0.717) is 29.2 Å². The quantitative estimate of drug-likeness (QED) is 0.200. The molecule has 0 saturated carbocycles.